The minimum Gasteiger partial charge on any atom is -0.467 e. The third-order valence-corrected chi connectivity index (χ3v) is 4.75. The van der Waals surface area contributed by atoms with Crippen molar-refractivity contribution in [3.8, 4) is 0 Å². The van der Waals surface area contributed by atoms with Gasteiger partial charge in [-0.15, -0.1) is 0 Å². The first-order valence-corrected chi connectivity index (χ1v) is 8.53. The number of furan rings is 1. The van der Waals surface area contributed by atoms with Gasteiger partial charge >= 0.3 is 0 Å². The predicted molar refractivity (Wildman–Crippen MR) is 97.8 cm³/mol. The lowest BCUT2D eigenvalue weighted by Crippen LogP contribution is -2.42. The summed E-state index contributed by atoms with van der Waals surface area (Å²) < 4.78 is 5.43. The average molecular weight is 373 g/mol. The number of halogens is 2. The van der Waals surface area contributed by atoms with Crippen LogP contribution in [0.5, 0.6) is 0 Å². The lowest BCUT2D eigenvalue weighted by molar-refractivity contribution is 0.0651. The van der Waals surface area contributed by atoms with Crippen LogP contribution in [0.1, 0.15) is 27.8 Å². The van der Waals surface area contributed by atoms with Crippen molar-refractivity contribution in [1.29, 1.82) is 0 Å². The number of rotatable bonds is 3. The first-order valence-electron chi connectivity index (χ1n) is 7.77. The van der Waals surface area contributed by atoms with Crippen LogP contribution in [0.2, 0.25) is 10.0 Å². The fourth-order valence-electron chi connectivity index (χ4n) is 3.00. The molecule has 2 heterocycles. The smallest absolute Gasteiger partial charge is 0.258 e. The summed E-state index contributed by atoms with van der Waals surface area (Å²) in [6.45, 7) is 0.330. The number of anilines is 1. The number of nitrogens with zero attached hydrogens (tertiary/aromatic N) is 1. The van der Waals surface area contributed by atoms with Crippen molar-refractivity contribution in [2.24, 2.45) is 0 Å². The van der Waals surface area contributed by atoms with Crippen LogP contribution in [0.4, 0.5) is 5.69 Å². The Hall–Kier alpha value is -2.43. The molecular weight excluding hydrogens is 359 g/mol. The fraction of sp³-hybridized carbons (Fsp3) is 0.105. The van der Waals surface area contributed by atoms with E-state index in [1.165, 1.54) is 0 Å². The zero-order valence-corrected chi connectivity index (χ0v) is 14.6. The van der Waals surface area contributed by atoms with Crippen LogP contribution in [0.15, 0.2) is 65.3 Å². The molecule has 0 saturated carbocycles. The predicted octanol–water partition coefficient (Wildman–Crippen LogP) is 5.35. The second-order valence-electron chi connectivity index (χ2n) is 5.77. The van der Waals surface area contributed by atoms with E-state index in [0.29, 0.717) is 27.9 Å². The zero-order valence-electron chi connectivity index (χ0n) is 13.1. The Morgan fingerprint density at radius 3 is 2.68 bits per heavy atom. The fourth-order valence-corrected chi connectivity index (χ4v) is 3.51. The summed E-state index contributed by atoms with van der Waals surface area (Å²) >= 11 is 12.4. The van der Waals surface area contributed by atoms with E-state index in [-0.39, 0.29) is 5.91 Å². The summed E-state index contributed by atoms with van der Waals surface area (Å²) in [5.74, 6) is 0.617. The molecule has 0 unspecified atom stereocenters. The molecule has 2 aromatic carbocycles. The Morgan fingerprint density at radius 2 is 1.92 bits per heavy atom. The minimum atomic E-state index is -0.419. The zero-order chi connectivity index (χ0) is 17.4. The normalized spacial score (nSPS) is 16.5. The molecule has 1 aromatic heterocycles. The molecule has 126 valence electrons. The number of amides is 1. The molecule has 1 amide bonds. The van der Waals surface area contributed by atoms with Gasteiger partial charge in [0.1, 0.15) is 11.9 Å². The Labute approximate surface area is 155 Å². The first kappa shape index (κ1) is 16.1. The van der Waals surface area contributed by atoms with Crippen molar-refractivity contribution in [3.05, 3.63) is 87.8 Å². The standard InChI is InChI=1S/C19H14Cl2N2O2/c20-12-7-8-14(16(21)10-12)18-22-17-6-2-1-5-15(17)19(24)23(18)11-13-4-3-9-25-13/h1-10,18,22H,11H2/t18-/m1/s1. The van der Waals surface area contributed by atoms with Crippen molar-refractivity contribution in [3.63, 3.8) is 0 Å². The molecule has 0 fully saturated rings. The second-order valence-corrected chi connectivity index (χ2v) is 6.61. The molecule has 25 heavy (non-hydrogen) atoms. The van der Waals surface area contributed by atoms with Gasteiger partial charge < -0.3 is 14.6 Å². The number of benzene rings is 2. The van der Waals surface area contributed by atoms with Crippen LogP contribution in [-0.4, -0.2) is 10.8 Å². The Balaban J connectivity index is 1.80. The summed E-state index contributed by atoms with van der Waals surface area (Å²) in [5, 5.41) is 4.45. The minimum absolute atomic E-state index is 0.0817. The van der Waals surface area contributed by atoms with E-state index in [1.807, 2.05) is 30.3 Å². The summed E-state index contributed by atoms with van der Waals surface area (Å²) in [5.41, 5.74) is 2.18. The number of para-hydroxylation sites is 1. The number of carbonyl (C=O) groups excluding carboxylic acids is 1. The van der Waals surface area contributed by atoms with Crippen LogP contribution in [-0.2, 0) is 6.54 Å². The van der Waals surface area contributed by atoms with E-state index < -0.39 is 6.17 Å². The monoisotopic (exact) mass is 372 g/mol. The van der Waals surface area contributed by atoms with E-state index in [2.05, 4.69) is 5.32 Å². The average Bonchev–Trinajstić information content (AvgIpc) is 3.11. The van der Waals surface area contributed by atoms with E-state index in [4.69, 9.17) is 27.6 Å². The lowest BCUT2D eigenvalue weighted by atomic mass is 10.0. The molecule has 1 aliphatic heterocycles. The largest absolute Gasteiger partial charge is 0.467 e. The topological polar surface area (TPSA) is 45.5 Å². The Kier molecular flexibility index (Phi) is 4.15. The maximum atomic E-state index is 13.1. The molecule has 0 bridgehead atoms. The molecule has 4 nitrogen and oxygen atoms in total. The molecule has 4 rings (SSSR count). The maximum Gasteiger partial charge on any atom is 0.258 e. The highest BCUT2D eigenvalue weighted by Crippen LogP contribution is 2.37. The lowest BCUT2D eigenvalue weighted by Gasteiger charge is -2.38. The van der Waals surface area contributed by atoms with Crippen LogP contribution < -0.4 is 5.32 Å². The third-order valence-electron chi connectivity index (χ3n) is 4.19. The highest BCUT2D eigenvalue weighted by Gasteiger charge is 2.34. The van der Waals surface area contributed by atoms with Gasteiger partial charge in [-0.25, -0.2) is 0 Å². The molecular formula is C19H14Cl2N2O2. The molecule has 1 N–H and O–H groups in total. The van der Waals surface area contributed by atoms with Crippen LogP contribution in [0, 0.1) is 0 Å². The number of nitrogens with one attached hydrogen (secondary N) is 1. The van der Waals surface area contributed by atoms with Gasteiger partial charge in [-0.3, -0.25) is 4.79 Å². The van der Waals surface area contributed by atoms with Gasteiger partial charge in [-0.1, -0.05) is 41.4 Å². The van der Waals surface area contributed by atoms with Gasteiger partial charge in [0.2, 0.25) is 0 Å². The summed E-state index contributed by atoms with van der Waals surface area (Å²) in [6, 6.07) is 16.3. The van der Waals surface area contributed by atoms with Crippen molar-refractivity contribution in [2.75, 3.05) is 5.32 Å². The first-order chi connectivity index (χ1) is 12.1. The van der Waals surface area contributed by atoms with Crippen molar-refractivity contribution in [1.82, 2.24) is 4.90 Å². The molecule has 0 radical (unpaired) electrons. The molecule has 3 aromatic rings. The van der Waals surface area contributed by atoms with E-state index in [9.17, 15) is 4.79 Å². The Morgan fingerprint density at radius 1 is 1.08 bits per heavy atom. The second kappa shape index (κ2) is 6.47. The quantitative estimate of drug-likeness (QED) is 0.673. The van der Waals surface area contributed by atoms with E-state index in [1.54, 1.807) is 35.4 Å². The van der Waals surface area contributed by atoms with Crippen LogP contribution in [0.25, 0.3) is 0 Å². The molecule has 1 aliphatic rings. The highest BCUT2D eigenvalue weighted by atomic mass is 35.5. The highest BCUT2D eigenvalue weighted by molar-refractivity contribution is 6.35. The van der Waals surface area contributed by atoms with Gasteiger partial charge in [-0.05, 0) is 36.4 Å². The number of hydrogen-bond donors (Lipinski definition) is 1. The molecule has 1 atom stereocenters. The van der Waals surface area contributed by atoms with E-state index >= 15 is 0 Å². The molecule has 0 aliphatic carbocycles. The number of carbonyl (C=O) groups is 1. The van der Waals surface area contributed by atoms with Crippen molar-refractivity contribution >= 4 is 34.8 Å². The van der Waals surface area contributed by atoms with Gasteiger partial charge in [0, 0.05) is 21.3 Å². The number of hydrogen-bond acceptors (Lipinski definition) is 3. The van der Waals surface area contributed by atoms with Crippen LogP contribution in [0.3, 0.4) is 0 Å². The third kappa shape index (κ3) is 2.99. The van der Waals surface area contributed by atoms with Crippen LogP contribution >= 0.6 is 23.2 Å². The molecule has 0 saturated heterocycles. The van der Waals surface area contributed by atoms with Crippen molar-refractivity contribution in [2.45, 2.75) is 12.7 Å². The van der Waals surface area contributed by atoms with E-state index in [0.717, 1.165) is 11.3 Å². The maximum absolute atomic E-state index is 13.1. The summed E-state index contributed by atoms with van der Waals surface area (Å²) in [7, 11) is 0. The Bertz CT molecular complexity index is 925. The van der Waals surface area contributed by atoms with Crippen molar-refractivity contribution < 1.29 is 9.21 Å². The number of fused-ring (bicyclic) bond motifs is 1. The molecule has 0 spiro atoms. The molecule has 6 heteroatoms. The SMILES string of the molecule is O=C1c2ccccc2N[C@@H](c2ccc(Cl)cc2Cl)N1Cc1ccco1. The van der Waals surface area contributed by atoms with Gasteiger partial charge in [-0.2, -0.15) is 0 Å². The van der Waals surface area contributed by atoms with Gasteiger partial charge in [0.25, 0.3) is 5.91 Å². The van der Waals surface area contributed by atoms with Gasteiger partial charge in [0.05, 0.1) is 18.4 Å². The summed E-state index contributed by atoms with van der Waals surface area (Å²) in [4.78, 5) is 14.8. The van der Waals surface area contributed by atoms with Gasteiger partial charge in [0.15, 0.2) is 0 Å². The summed E-state index contributed by atoms with van der Waals surface area (Å²) in [6.07, 6.45) is 1.17.